The lowest BCUT2D eigenvalue weighted by molar-refractivity contribution is 0.0682. The molecule has 0 saturated carbocycles. The molecule has 6 heteroatoms. The van der Waals surface area contributed by atoms with Crippen molar-refractivity contribution in [2.24, 2.45) is 0 Å². The third-order valence-corrected chi connectivity index (χ3v) is 2.91. The molecule has 2 heterocycles. The second-order valence-corrected chi connectivity index (χ2v) is 4.79. The number of carbonyl (C=O) groups is 1. The van der Waals surface area contributed by atoms with Gasteiger partial charge in [-0.1, -0.05) is 6.07 Å². The highest BCUT2D eigenvalue weighted by Gasteiger charge is 2.21. The summed E-state index contributed by atoms with van der Waals surface area (Å²) in [7, 11) is 0. The number of aromatic amines is 1. The van der Waals surface area contributed by atoms with Gasteiger partial charge >= 0.3 is 0 Å². The van der Waals surface area contributed by atoms with E-state index in [2.05, 4.69) is 15.0 Å². The normalized spacial score (nSPS) is 10.7. The van der Waals surface area contributed by atoms with Crippen molar-refractivity contribution in [1.29, 1.82) is 0 Å². The van der Waals surface area contributed by atoms with E-state index in [-0.39, 0.29) is 17.2 Å². The molecule has 0 aromatic carbocycles. The zero-order chi connectivity index (χ0) is 13.8. The van der Waals surface area contributed by atoms with E-state index in [1.165, 1.54) is 6.20 Å². The van der Waals surface area contributed by atoms with Gasteiger partial charge < -0.3 is 9.88 Å². The van der Waals surface area contributed by atoms with E-state index in [4.69, 9.17) is 11.6 Å². The largest absolute Gasteiger partial charge is 0.329 e. The summed E-state index contributed by atoms with van der Waals surface area (Å²) >= 11 is 5.70. The molecule has 0 radical (unpaired) electrons. The van der Waals surface area contributed by atoms with Crippen molar-refractivity contribution in [3.63, 3.8) is 0 Å². The lowest BCUT2D eigenvalue weighted by atomic mass is 10.2. The van der Waals surface area contributed by atoms with Crippen LogP contribution in [0, 0.1) is 0 Å². The van der Waals surface area contributed by atoms with Gasteiger partial charge in [-0.15, -0.1) is 0 Å². The van der Waals surface area contributed by atoms with Gasteiger partial charge in [0, 0.05) is 12.2 Å². The fourth-order valence-electron chi connectivity index (χ4n) is 1.72. The van der Waals surface area contributed by atoms with E-state index in [9.17, 15) is 4.79 Å². The summed E-state index contributed by atoms with van der Waals surface area (Å²) in [6, 6.07) is 5.69. The summed E-state index contributed by atoms with van der Waals surface area (Å²) in [4.78, 5) is 24.9. The molecule has 2 aromatic heterocycles. The Hall–Kier alpha value is -1.88. The van der Waals surface area contributed by atoms with Crippen LogP contribution in [0.1, 0.15) is 30.0 Å². The van der Waals surface area contributed by atoms with Gasteiger partial charge in [-0.05, 0) is 37.6 Å². The molecule has 0 aliphatic rings. The molecule has 0 spiro atoms. The summed E-state index contributed by atoms with van der Waals surface area (Å²) in [5, 5.41) is 0.213. The summed E-state index contributed by atoms with van der Waals surface area (Å²) < 4.78 is 0. The van der Waals surface area contributed by atoms with Crippen molar-refractivity contribution in [1.82, 2.24) is 19.9 Å². The van der Waals surface area contributed by atoms with Gasteiger partial charge in [0.25, 0.3) is 5.91 Å². The maximum Gasteiger partial charge on any atom is 0.272 e. The highest BCUT2D eigenvalue weighted by Crippen LogP contribution is 2.12. The smallest absolute Gasteiger partial charge is 0.272 e. The molecule has 0 fully saturated rings. The van der Waals surface area contributed by atoms with Crippen LogP contribution in [-0.2, 0) is 6.54 Å². The van der Waals surface area contributed by atoms with Gasteiger partial charge in [-0.25, -0.2) is 4.98 Å². The van der Waals surface area contributed by atoms with Gasteiger partial charge in [0.15, 0.2) is 0 Å². The fourth-order valence-corrected chi connectivity index (χ4v) is 1.87. The first kappa shape index (κ1) is 13.5. The summed E-state index contributed by atoms with van der Waals surface area (Å²) in [6.45, 7) is 4.37. The fraction of sp³-hybridized carbons (Fsp3) is 0.308. The molecule has 0 saturated heterocycles. The van der Waals surface area contributed by atoms with Gasteiger partial charge in [0.05, 0.1) is 18.4 Å². The topological polar surface area (TPSA) is 61.9 Å². The summed E-state index contributed by atoms with van der Waals surface area (Å²) in [6.07, 6.45) is 3.16. The van der Waals surface area contributed by atoms with Crippen LogP contribution in [0.15, 0.2) is 30.6 Å². The first-order valence-corrected chi connectivity index (χ1v) is 6.37. The van der Waals surface area contributed by atoms with Gasteiger partial charge in [-0.2, -0.15) is 0 Å². The quantitative estimate of drug-likeness (QED) is 0.935. The molecule has 0 unspecified atom stereocenters. The van der Waals surface area contributed by atoms with Crippen LogP contribution in [0.25, 0.3) is 0 Å². The minimum atomic E-state index is -0.139. The maximum absolute atomic E-state index is 12.4. The van der Waals surface area contributed by atoms with Gasteiger partial charge in [0.2, 0.25) is 5.28 Å². The number of nitrogens with zero attached hydrogens (tertiary/aromatic N) is 3. The van der Waals surface area contributed by atoms with E-state index < -0.39 is 0 Å². The highest BCUT2D eigenvalue weighted by molar-refractivity contribution is 6.28. The van der Waals surface area contributed by atoms with Crippen molar-refractivity contribution in [2.75, 3.05) is 0 Å². The molecule has 1 amide bonds. The molecule has 0 bridgehead atoms. The number of H-pyrrole nitrogens is 1. The predicted octanol–water partition coefficient (Wildman–Crippen LogP) is 2.51. The average Bonchev–Trinajstić information content (AvgIpc) is 2.83. The van der Waals surface area contributed by atoms with Crippen molar-refractivity contribution in [3.05, 3.63) is 47.3 Å². The monoisotopic (exact) mass is 278 g/mol. The first-order chi connectivity index (χ1) is 9.08. The number of halogens is 1. The number of carbonyl (C=O) groups excluding carboxylic acids is 1. The number of imidazole rings is 1. The third kappa shape index (κ3) is 3.32. The number of hydrogen-bond acceptors (Lipinski definition) is 3. The average molecular weight is 279 g/mol. The van der Waals surface area contributed by atoms with Crippen LogP contribution in [0.3, 0.4) is 0 Å². The SMILES string of the molecule is CC(C)N(Cc1ccccn1)C(=O)c1cnc(Cl)[nH]1. The van der Waals surface area contributed by atoms with Crippen molar-refractivity contribution in [3.8, 4) is 0 Å². The molecule has 0 aliphatic carbocycles. The van der Waals surface area contributed by atoms with Crippen LogP contribution in [-0.4, -0.2) is 31.8 Å². The Bertz CT molecular complexity index is 553. The van der Waals surface area contributed by atoms with Crippen LogP contribution in [0.4, 0.5) is 0 Å². The second-order valence-electron chi connectivity index (χ2n) is 4.44. The van der Waals surface area contributed by atoms with Crippen molar-refractivity contribution >= 4 is 17.5 Å². The maximum atomic E-state index is 12.4. The molecule has 2 aromatic rings. The number of amides is 1. The minimum absolute atomic E-state index is 0.0524. The first-order valence-electron chi connectivity index (χ1n) is 5.99. The van der Waals surface area contributed by atoms with Crippen LogP contribution in [0.2, 0.25) is 5.28 Å². The summed E-state index contributed by atoms with van der Waals surface area (Å²) in [5.74, 6) is -0.139. The van der Waals surface area contributed by atoms with E-state index in [0.717, 1.165) is 5.69 Å². The standard InChI is InChI=1S/C13H15ClN4O/c1-9(2)18(8-10-5-3-4-6-15-10)12(19)11-7-16-13(14)17-11/h3-7,9H,8H2,1-2H3,(H,16,17). The highest BCUT2D eigenvalue weighted by atomic mass is 35.5. The Morgan fingerprint density at radius 3 is 2.74 bits per heavy atom. The lowest BCUT2D eigenvalue weighted by Crippen LogP contribution is -2.36. The van der Waals surface area contributed by atoms with Crippen molar-refractivity contribution in [2.45, 2.75) is 26.4 Å². The molecule has 2 rings (SSSR count). The lowest BCUT2D eigenvalue weighted by Gasteiger charge is -2.25. The van der Waals surface area contributed by atoms with E-state index in [0.29, 0.717) is 12.2 Å². The Balaban J connectivity index is 2.19. The third-order valence-electron chi connectivity index (χ3n) is 2.72. The molecule has 5 nitrogen and oxygen atoms in total. The Kier molecular flexibility index (Phi) is 4.16. The number of rotatable bonds is 4. The second kappa shape index (κ2) is 5.84. The zero-order valence-corrected chi connectivity index (χ0v) is 11.6. The number of aromatic nitrogens is 3. The van der Waals surface area contributed by atoms with E-state index in [1.54, 1.807) is 11.1 Å². The molecular formula is C13H15ClN4O. The molecule has 19 heavy (non-hydrogen) atoms. The van der Waals surface area contributed by atoms with E-state index >= 15 is 0 Å². The molecule has 1 N–H and O–H groups in total. The van der Waals surface area contributed by atoms with Crippen molar-refractivity contribution < 1.29 is 4.79 Å². The zero-order valence-electron chi connectivity index (χ0n) is 10.8. The van der Waals surface area contributed by atoms with Crippen LogP contribution < -0.4 is 0 Å². The van der Waals surface area contributed by atoms with Crippen LogP contribution >= 0.6 is 11.6 Å². The van der Waals surface area contributed by atoms with E-state index in [1.807, 2.05) is 32.0 Å². The van der Waals surface area contributed by atoms with Gasteiger partial charge in [-0.3, -0.25) is 9.78 Å². The minimum Gasteiger partial charge on any atom is -0.329 e. The molecular weight excluding hydrogens is 264 g/mol. The molecule has 0 aliphatic heterocycles. The Labute approximate surface area is 116 Å². The Morgan fingerprint density at radius 2 is 2.21 bits per heavy atom. The number of nitrogens with one attached hydrogen (secondary N) is 1. The van der Waals surface area contributed by atoms with Crippen LogP contribution in [0.5, 0.6) is 0 Å². The Morgan fingerprint density at radius 1 is 1.42 bits per heavy atom. The number of hydrogen-bond donors (Lipinski definition) is 1. The number of pyridine rings is 1. The summed E-state index contributed by atoms with van der Waals surface area (Å²) in [5.41, 5.74) is 1.23. The molecule has 0 atom stereocenters. The predicted molar refractivity (Wildman–Crippen MR) is 72.8 cm³/mol. The van der Waals surface area contributed by atoms with Gasteiger partial charge in [0.1, 0.15) is 5.69 Å². The molecule has 100 valence electrons.